The molecule has 1 fully saturated rings. The van der Waals surface area contributed by atoms with Crippen LogP contribution in [0.2, 0.25) is 0 Å². The fourth-order valence-corrected chi connectivity index (χ4v) is 3.53. The van der Waals surface area contributed by atoms with Gasteiger partial charge in [0.15, 0.2) is 0 Å². The number of nitrogens with zero attached hydrogens (tertiary/aromatic N) is 2. The van der Waals surface area contributed by atoms with Gasteiger partial charge in [-0.1, -0.05) is 30.3 Å². The first-order valence-corrected chi connectivity index (χ1v) is 9.72. The minimum absolute atomic E-state index is 0.0630. The van der Waals surface area contributed by atoms with E-state index in [-0.39, 0.29) is 17.9 Å². The van der Waals surface area contributed by atoms with E-state index in [1.807, 2.05) is 53.4 Å². The zero-order chi connectivity index (χ0) is 20.2. The van der Waals surface area contributed by atoms with Gasteiger partial charge >= 0.3 is 5.97 Å². The van der Waals surface area contributed by atoms with E-state index in [9.17, 15) is 9.59 Å². The Balaban J connectivity index is 1.41. The van der Waals surface area contributed by atoms with Crippen molar-refractivity contribution in [1.82, 2.24) is 10.2 Å². The van der Waals surface area contributed by atoms with Crippen LogP contribution < -0.4 is 10.1 Å². The van der Waals surface area contributed by atoms with Crippen LogP contribution in [0.25, 0.3) is 0 Å². The Morgan fingerprint density at radius 3 is 2.76 bits per heavy atom. The van der Waals surface area contributed by atoms with Gasteiger partial charge in [0.25, 0.3) is 5.91 Å². The van der Waals surface area contributed by atoms with Crippen LogP contribution in [-0.4, -0.2) is 35.9 Å². The molecule has 4 rings (SSSR count). The number of unbranched alkanes of at least 4 members (excludes halogenated alkanes) is 1. The molecule has 150 valence electrons. The number of benzene rings is 2. The third kappa shape index (κ3) is 4.23. The van der Waals surface area contributed by atoms with Crippen molar-refractivity contribution in [2.45, 2.75) is 32.4 Å². The van der Waals surface area contributed by atoms with Gasteiger partial charge in [-0.05, 0) is 36.6 Å². The lowest BCUT2D eigenvalue weighted by Crippen LogP contribution is -2.33. The van der Waals surface area contributed by atoms with E-state index in [0.29, 0.717) is 25.7 Å². The van der Waals surface area contributed by atoms with E-state index >= 15 is 0 Å². The lowest BCUT2D eigenvalue weighted by molar-refractivity contribution is -0.141. The molecule has 0 spiro atoms. The second-order valence-electron chi connectivity index (χ2n) is 7.05. The zero-order valence-corrected chi connectivity index (χ0v) is 16.3. The molecule has 2 aliphatic heterocycles. The summed E-state index contributed by atoms with van der Waals surface area (Å²) in [5.74, 6) is 1.04. The SMILES string of the molecule is CC(=O)OCCCCOc1ccc2c(c1)CN1C(=N2)NC(=O)C1c1ccccc1. The number of guanidine groups is 1. The maximum atomic E-state index is 12.5. The van der Waals surface area contributed by atoms with Crippen LogP contribution in [-0.2, 0) is 20.9 Å². The topological polar surface area (TPSA) is 80.2 Å². The number of fused-ring (bicyclic) bond motifs is 2. The Morgan fingerprint density at radius 2 is 1.97 bits per heavy atom. The van der Waals surface area contributed by atoms with Crippen molar-refractivity contribution in [3.8, 4) is 5.75 Å². The quantitative estimate of drug-likeness (QED) is 0.578. The van der Waals surface area contributed by atoms with Crippen LogP contribution in [0.4, 0.5) is 5.69 Å². The zero-order valence-electron chi connectivity index (χ0n) is 16.3. The number of amides is 1. The monoisotopic (exact) mass is 393 g/mol. The van der Waals surface area contributed by atoms with Crippen molar-refractivity contribution in [1.29, 1.82) is 0 Å². The molecule has 0 aliphatic carbocycles. The highest BCUT2D eigenvalue weighted by Crippen LogP contribution is 2.36. The number of carbonyl (C=O) groups excluding carboxylic acids is 2. The van der Waals surface area contributed by atoms with Gasteiger partial charge in [0.05, 0.1) is 18.9 Å². The minimum atomic E-state index is -0.381. The number of hydrogen-bond donors (Lipinski definition) is 1. The molecule has 0 bridgehead atoms. The molecule has 0 saturated carbocycles. The van der Waals surface area contributed by atoms with Gasteiger partial charge in [-0.2, -0.15) is 0 Å². The Hall–Kier alpha value is -3.35. The average Bonchev–Trinajstić information content (AvgIpc) is 3.03. The second-order valence-corrected chi connectivity index (χ2v) is 7.05. The van der Waals surface area contributed by atoms with Crippen LogP contribution in [0.1, 0.15) is 36.9 Å². The molecule has 7 nitrogen and oxygen atoms in total. The summed E-state index contributed by atoms with van der Waals surface area (Å²) in [6.45, 7) is 2.95. The summed E-state index contributed by atoms with van der Waals surface area (Å²) in [6, 6.07) is 15.1. The molecule has 1 atom stereocenters. The summed E-state index contributed by atoms with van der Waals surface area (Å²) in [5, 5.41) is 2.89. The van der Waals surface area contributed by atoms with Gasteiger partial charge in [-0.15, -0.1) is 0 Å². The molecule has 1 amide bonds. The number of esters is 1. The van der Waals surface area contributed by atoms with Crippen molar-refractivity contribution >= 4 is 23.5 Å². The lowest BCUT2D eigenvalue weighted by atomic mass is 10.0. The van der Waals surface area contributed by atoms with E-state index in [1.54, 1.807) is 0 Å². The predicted molar refractivity (Wildman–Crippen MR) is 108 cm³/mol. The van der Waals surface area contributed by atoms with E-state index in [0.717, 1.165) is 35.4 Å². The Kier molecular flexibility index (Phi) is 5.46. The van der Waals surface area contributed by atoms with Crippen molar-refractivity contribution in [2.75, 3.05) is 13.2 Å². The van der Waals surface area contributed by atoms with Crippen molar-refractivity contribution in [3.63, 3.8) is 0 Å². The molecule has 0 radical (unpaired) electrons. The van der Waals surface area contributed by atoms with Crippen molar-refractivity contribution in [3.05, 3.63) is 59.7 Å². The molecule has 1 saturated heterocycles. The van der Waals surface area contributed by atoms with Crippen LogP contribution in [0, 0.1) is 0 Å². The third-order valence-electron chi connectivity index (χ3n) is 4.91. The van der Waals surface area contributed by atoms with Crippen LogP contribution in [0.5, 0.6) is 5.75 Å². The van der Waals surface area contributed by atoms with Gasteiger partial charge < -0.3 is 14.4 Å². The lowest BCUT2D eigenvalue weighted by Gasteiger charge is -2.28. The fraction of sp³-hybridized carbons (Fsp3) is 0.318. The summed E-state index contributed by atoms with van der Waals surface area (Å²) in [5.41, 5.74) is 2.80. The smallest absolute Gasteiger partial charge is 0.302 e. The summed E-state index contributed by atoms with van der Waals surface area (Å²) in [4.78, 5) is 29.9. The maximum absolute atomic E-state index is 12.5. The molecule has 1 N–H and O–H groups in total. The highest BCUT2D eigenvalue weighted by atomic mass is 16.5. The average molecular weight is 393 g/mol. The van der Waals surface area contributed by atoms with Gasteiger partial charge in [-0.25, -0.2) is 4.99 Å². The standard InChI is InChI=1S/C22H23N3O4/c1-15(26)28-11-5-6-12-29-18-9-10-19-17(13-18)14-25-20(16-7-3-2-4-8-16)21(27)24-22(25)23-19/h2-4,7-10,13,20H,5-6,11-12,14H2,1H3,(H,23,24,27). The maximum Gasteiger partial charge on any atom is 0.302 e. The molecule has 0 aromatic heterocycles. The number of rotatable bonds is 7. The van der Waals surface area contributed by atoms with Gasteiger partial charge in [0.1, 0.15) is 11.8 Å². The largest absolute Gasteiger partial charge is 0.494 e. The summed E-state index contributed by atoms with van der Waals surface area (Å²) in [6.07, 6.45) is 1.56. The molecule has 2 heterocycles. The first-order chi connectivity index (χ1) is 14.1. The minimum Gasteiger partial charge on any atom is -0.494 e. The normalized spacial score (nSPS) is 17.1. The molecule has 2 aromatic rings. The molecule has 1 unspecified atom stereocenters. The Bertz CT molecular complexity index is 942. The molecular formula is C22H23N3O4. The third-order valence-corrected chi connectivity index (χ3v) is 4.91. The van der Waals surface area contributed by atoms with E-state index < -0.39 is 0 Å². The van der Waals surface area contributed by atoms with E-state index in [2.05, 4.69) is 10.3 Å². The van der Waals surface area contributed by atoms with Crippen molar-refractivity contribution < 1.29 is 19.1 Å². The van der Waals surface area contributed by atoms with Gasteiger partial charge in [-0.3, -0.25) is 14.9 Å². The van der Waals surface area contributed by atoms with E-state index in [4.69, 9.17) is 9.47 Å². The highest BCUT2D eigenvalue weighted by Gasteiger charge is 2.39. The molecule has 2 aromatic carbocycles. The Labute approximate surface area is 169 Å². The predicted octanol–water partition coefficient (Wildman–Crippen LogP) is 3.08. The van der Waals surface area contributed by atoms with Crippen molar-refractivity contribution in [2.24, 2.45) is 4.99 Å². The van der Waals surface area contributed by atoms with Gasteiger partial charge in [0, 0.05) is 19.0 Å². The molecular weight excluding hydrogens is 370 g/mol. The first kappa shape index (κ1) is 19.0. The second kappa shape index (κ2) is 8.34. The van der Waals surface area contributed by atoms with Crippen LogP contribution >= 0.6 is 0 Å². The van der Waals surface area contributed by atoms with Crippen LogP contribution in [0.15, 0.2) is 53.5 Å². The number of carbonyl (C=O) groups is 2. The number of nitrogens with one attached hydrogen (secondary N) is 1. The number of ether oxygens (including phenoxy) is 2. The highest BCUT2D eigenvalue weighted by molar-refractivity contribution is 6.08. The molecule has 7 heteroatoms. The number of aliphatic imine (C=N–C) groups is 1. The molecule has 2 aliphatic rings. The van der Waals surface area contributed by atoms with Crippen LogP contribution in [0.3, 0.4) is 0 Å². The summed E-state index contributed by atoms with van der Waals surface area (Å²) < 4.78 is 10.7. The fourth-order valence-electron chi connectivity index (χ4n) is 3.53. The number of hydrogen-bond acceptors (Lipinski definition) is 6. The summed E-state index contributed by atoms with van der Waals surface area (Å²) >= 11 is 0. The molecule has 29 heavy (non-hydrogen) atoms. The van der Waals surface area contributed by atoms with E-state index in [1.165, 1.54) is 6.92 Å². The first-order valence-electron chi connectivity index (χ1n) is 9.72. The van der Waals surface area contributed by atoms with Gasteiger partial charge in [0.2, 0.25) is 5.96 Å². The summed E-state index contributed by atoms with van der Waals surface area (Å²) in [7, 11) is 0. The Morgan fingerprint density at radius 1 is 1.17 bits per heavy atom.